The lowest BCUT2D eigenvalue weighted by Crippen LogP contribution is -2.59. The third-order valence-corrected chi connectivity index (χ3v) is 5.10. The zero-order chi connectivity index (χ0) is 18.6. The van der Waals surface area contributed by atoms with E-state index >= 15 is 0 Å². The first kappa shape index (κ1) is 19.9. The molecule has 0 aliphatic carbocycles. The van der Waals surface area contributed by atoms with Crippen LogP contribution in [0.5, 0.6) is 0 Å². The minimum Gasteiger partial charge on any atom is -0.339 e. The van der Waals surface area contributed by atoms with Gasteiger partial charge in [0.05, 0.1) is 0 Å². The maximum atomic E-state index is 13.0. The highest BCUT2D eigenvalue weighted by molar-refractivity contribution is 5.79. The summed E-state index contributed by atoms with van der Waals surface area (Å²) in [4.78, 5) is 19.6. The van der Waals surface area contributed by atoms with Crippen LogP contribution >= 0.6 is 0 Å². The largest absolute Gasteiger partial charge is 0.339 e. The molecule has 3 atom stereocenters. The highest BCUT2D eigenvalue weighted by Gasteiger charge is 2.33. The second kappa shape index (κ2) is 8.77. The van der Waals surface area contributed by atoms with Crippen molar-refractivity contribution in [2.24, 2.45) is 5.92 Å². The van der Waals surface area contributed by atoms with Crippen molar-refractivity contribution in [1.82, 2.24) is 14.7 Å². The number of halogens is 1. The normalized spacial score (nSPS) is 23.1. The first-order valence-electron chi connectivity index (χ1n) is 9.21. The number of rotatable bonds is 6. The third-order valence-electron chi connectivity index (χ3n) is 5.10. The maximum absolute atomic E-state index is 13.0. The van der Waals surface area contributed by atoms with Crippen molar-refractivity contribution in [3.05, 3.63) is 35.6 Å². The van der Waals surface area contributed by atoms with Crippen LogP contribution in [0, 0.1) is 11.7 Å². The van der Waals surface area contributed by atoms with Crippen LogP contribution in [0.2, 0.25) is 0 Å². The summed E-state index contributed by atoms with van der Waals surface area (Å²) in [6, 6.07) is 7.18. The van der Waals surface area contributed by atoms with Gasteiger partial charge in [-0.15, -0.1) is 0 Å². The van der Waals surface area contributed by atoms with E-state index < -0.39 is 0 Å². The second-order valence-corrected chi connectivity index (χ2v) is 7.71. The summed E-state index contributed by atoms with van der Waals surface area (Å²) >= 11 is 0. The molecule has 0 N–H and O–H groups in total. The van der Waals surface area contributed by atoms with Gasteiger partial charge in [-0.2, -0.15) is 0 Å². The Bertz CT molecular complexity index is 549. The van der Waals surface area contributed by atoms with E-state index in [1.165, 1.54) is 12.1 Å². The fourth-order valence-corrected chi connectivity index (χ4v) is 3.67. The zero-order valence-electron chi connectivity index (χ0n) is 16.2. The second-order valence-electron chi connectivity index (χ2n) is 7.71. The SMILES string of the molecule is CC(Cc1ccc(F)cc1)C(=O)N1CC(C)N(CCN(C)C)C(C)C1. The molecule has 0 saturated carbocycles. The molecule has 2 rings (SSSR count). The Kier molecular flexibility index (Phi) is 6.96. The van der Waals surface area contributed by atoms with Crippen molar-refractivity contribution in [1.29, 1.82) is 0 Å². The summed E-state index contributed by atoms with van der Waals surface area (Å²) in [5, 5.41) is 0. The van der Waals surface area contributed by atoms with Crippen LogP contribution in [0.25, 0.3) is 0 Å². The monoisotopic (exact) mass is 349 g/mol. The summed E-state index contributed by atoms with van der Waals surface area (Å²) in [6.45, 7) is 10.0. The molecule has 1 heterocycles. The molecule has 1 aliphatic heterocycles. The van der Waals surface area contributed by atoms with Crippen LogP contribution in [-0.2, 0) is 11.2 Å². The molecular formula is C20H32FN3O. The quantitative estimate of drug-likeness (QED) is 0.789. The first-order chi connectivity index (χ1) is 11.8. The Morgan fingerprint density at radius 2 is 1.76 bits per heavy atom. The van der Waals surface area contributed by atoms with E-state index in [1.807, 2.05) is 11.8 Å². The van der Waals surface area contributed by atoms with Gasteiger partial charge in [0.2, 0.25) is 5.91 Å². The van der Waals surface area contributed by atoms with Crippen molar-refractivity contribution in [3.8, 4) is 0 Å². The predicted octanol–water partition coefficient (Wildman–Crippen LogP) is 2.49. The fraction of sp³-hybridized carbons (Fsp3) is 0.650. The molecule has 1 saturated heterocycles. The number of hydrogen-bond donors (Lipinski definition) is 0. The molecular weight excluding hydrogens is 317 g/mol. The number of hydrogen-bond acceptors (Lipinski definition) is 3. The lowest BCUT2D eigenvalue weighted by atomic mass is 9.98. The van der Waals surface area contributed by atoms with Gasteiger partial charge in [0, 0.05) is 44.2 Å². The minimum absolute atomic E-state index is 0.0850. The topological polar surface area (TPSA) is 26.8 Å². The lowest BCUT2D eigenvalue weighted by Gasteiger charge is -2.45. The highest BCUT2D eigenvalue weighted by atomic mass is 19.1. The van der Waals surface area contributed by atoms with Gasteiger partial charge in [0.15, 0.2) is 0 Å². The zero-order valence-corrected chi connectivity index (χ0v) is 16.2. The van der Waals surface area contributed by atoms with Gasteiger partial charge < -0.3 is 9.80 Å². The van der Waals surface area contributed by atoms with Gasteiger partial charge in [-0.05, 0) is 52.1 Å². The molecule has 1 aliphatic rings. The van der Waals surface area contributed by atoms with Crippen molar-refractivity contribution in [2.75, 3.05) is 40.3 Å². The van der Waals surface area contributed by atoms with Crippen molar-refractivity contribution in [2.45, 2.75) is 39.3 Å². The van der Waals surface area contributed by atoms with Gasteiger partial charge in [0.25, 0.3) is 0 Å². The van der Waals surface area contributed by atoms with Crippen LogP contribution in [0.15, 0.2) is 24.3 Å². The fourth-order valence-electron chi connectivity index (χ4n) is 3.67. The molecule has 1 fully saturated rings. The van der Waals surface area contributed by atoms with Crippen LogP contribution in [0.1, 0.15) is 26.3 Å². The molecule has 0 radical (unpaired) electrons. The summed E-state index contributed by atoms with van der Waals surface area (Å²) in [6.07, 6.45) is 0.655. The Hall–Kier alpha value is -1.46. The van der Waals surface area contributed by atoms with Crippen LogP contribution in [0.4, 0.5) is 4.39 Å². The summed E-state index contributed by atoms with van der Waals surface area (Å²) in [7, 11) is 4.18. The van der Waals surface area contributed by atoms with E-state index in [2.05, 4.69) is 37.7 Å². The van der Waals surface area contributed by atoms with Gasteiger partial charge in [0.1, 0.15) is 5.82 Å². The highest BCUT2D eigenvalue weighted by Crippen LogP contribution is 2.19. The maximum Gasteiger partial charge on any atom is 0.225 e. The van der Waals surface area contributed by atoms with E-state index in [0.29, 0.717) is 18.5 Å². The van der Waals surface area contributed by atoms with Gasteiger partial charge in [-0.1, -0.05) is 19.1 Å². The number of nitrogens with zero attached hydrogens (tertiary/aromatic N) is 3. The van der Waals surface area contributed by atoms with Crippen LogP contribution < -0.4 is 0 Å². The molecule has 25 heavy (non-hydrogen) atoms. The van der Waals surface area contributed by atoms with Crippen molar-refractivity contribution in [3.63, 3.8) is 0 Å². The average molecular weight is 349 g/mol. The van der Waals surface area contributed by atoms with Crippen LogP contribution in [-0.4, -0.2) is 73.0 Å². The van der Waals surface area contributed by atoms with E-state index in [9.17, 15) is 9.18 Å². The molecule has 140 valence electrons. The molecule has 1 amide bonds. The third kappa shape index (κ3) is 5.51. The van der Waals surface area contributed by atoms with Gasteiger partial charge >= 0.3 is 0 Å². The number of amides is 1. The van der Waals surface area contributed by atoms with Crippen molar-refractivity contribution < 1.29 is 9.18 Å². The van der Waals surface area contributed by atoms with E-state index in [-0.39, 0.29) is 17.6 Å². The van der Waals surface area contributed by atoms with Gasteiger partial charge in [-0.25, -0.2) is 4.39 Å². The molecule has 0 spiro atoms. The molecule has 1 aromatic carbocycles. The van der Waals surface area contributed by atoms with E-state index in [4.69, 9.17) is 0 Å². The predicted molar refractivity (Wildman–Crippen MR) is 100 cm³/mol. The Balaban J connectivity index is 1.92. The Labute approximate surface area is 151 Å². The Morgan fingerprint density at radius 3 is 2.28 bits per heavy atom. The van der Waals surface area contributed by atoms with Crippen molar-refractivity contribution >= 4 is 5.91 Å². The van der Waals surface area contributed by atoms with E-state index in [0.717, 1.165) is 31.7 Å². The number of carbonyl (C=O) groups excluding carboxylic acids is 1. The Morgan fingerprint density at radius 1 is 1.20 bits per heavy atom. The molecule has 4 nitrogen and oxygen atoms in total. The molecule has 3 unspecified atom stereocenters. The summed E-state index contributed by atoms with van der Waals surface area (Å²) < 4.78 is 13.0. The van der Waals surface area contributed by atoms with Gasteiger partial charge in [-0.3, -0.25) is 9.69 Å². The molecule has 0 bridgehead atoms. The summed E-state index contributed by atoms with van der Waals surface area (Å²) in [5.74, 6) is -0.118. The average Bonchev–Trinajstić information content (AvgIpc) is 2.55. The smallest absolute Gasteiger partial charge is 0.225 e. The standard InChI is InChI=1S/C20H32FN3O/c1-15(12-18-6-8-19(21)9-7-18)20(25)23-13-16(2)24(17(3)14-23)11-10-22(4)5/h6-9,15-17H,10-14H2,1-5H3. The minimum atomic E-state index is -0.237. The number of benzene rings is 1. The number of piperazine rings is 1. The molecule has 5 heteroatoms. The lowest BCUT2D eigenvalue weighted by molar-refractivity contribution is -0.139. The number of carbonyl (C=O) groups is 1. The van der Waals surface area contributed by atoms with E-state index in [1.54, 1.807) is 12.1 Å². The molecule has 1 aromatic rings. The first-order valence-corrected chi connectivity index (χ1v) is 9.21. The number of likely N-dealkylation sites (N-methyl/N-ethyl adjacent to an activating group) is 1. The summed E-state index contributed by atoms with van der Waals surface area (Å²) in [5.41, 5.74) is 1.01. The molecule has 0 aromatic heterocycles. The van der Waals surface area contributed by atoms with Crippen LogP contribution in [0.3, 0.4) is 0 Å².